The lowest BCUT2D eigenvalue weighted by atomic mass is 10.1. The van der Waals surface area contributed by atoms with Crippen LogP contribution in [0.5, 0.6) is 0 Å². The Kier molecular flexibility index (Phi) is 6.61. The van der Waals surface area contributed by atoms with E-state index < -0.39 is 0 Å². The predicted molar refractivity (Wildman–Crippen MR) is 111 cm³/mol. The molecule has 2 aromatic rings. The average molecular weight is 378 g/mol. The van der Waals surface area contributed by atoms with Gasteiger partial charge in [0, 0.05) is 31.3 Å². The first kappa shape index (κ1) is 19.8. The summed E-state index contributed by atoms with van der Waals surface area (Å²) in [7, 11) is 0. The Morgan fingerprint density at radius 2 is 1.89 bits per heavy atom. The van der Waals surface area contributed by atoms with Gasteiger partial charge in [0.25, 0.3) is 0 Å². The van der Waals surface area contributed by atoms with Crippen LogP contribution in [-0.4, -0.2) is 36.6 Å². The van der Waals surface area contributed by atoms with Crippen LogP contribution in [0.15, 0.2) is 54.6 Å². The van der Waals surface area contributed by atoms with Crippen molar-refractivity contribution in [2.45, 2.75) is 26.8 Å². The second kappa shape index (κ2) is 9.33. The van der Waals surface area contributed by atoms with Gasteiger partial charge in [-0.15, -0.1) is 0 Å². The summed E-state index contributed by atoms with van der Waals surface area (Å²) >= 11 is 0. The number of carbonyl (C=O) groups is 2. The molecule has 1 aliphatic rings. The van der Waals surface area contributed by atoms with Crippen molar-refractivity contribution >= 4 is 23.6 Å². The van der Waals surface area contributed by atoms with Gasteiger partial charge < -0.3 is 4.74 Å². The first-order chi connectivity index (χ1) is 13.6. The van der Waals surface area contributed by atoms with Crippen molar-refractivity contribution in [2.75, 3.05) is 24.7 Å². The van der Waals surface area contributed by atoms with Crippen molar-refractivity contribution in [1.82, 2.24) is 4.90 Å². The summed E-state index contributed by atoms with van der Waals surface area (Å²) in [5, 5.41) is 0. The van der Waals surface area contributed by atoms with E-state index in [1.165, 1.54) is 11.6 Å². The number of anilines is 1. The summed E-state index contributed by atoms with van der Waals surface area (Å²) in [5.41, 5.74) is 4.21. The zero-order chi connectivity index (χ0) is 19.9. The number of benzene rings is 2. The predicted octanol–water partition coefficient (Wildman–Crippen LogP) is 3.77. The molecule has 146 valence electrons. The van der Waals surface area contributed by atoms with Gasteiger partial charge in [0.1, 0.15) is 0 Å². The molecule has 28 heavy (non-hydrogen) atoms. The Labute approximate surface area is 166 Å². The fourth-order valence-electron chi connectivity index (χ4n) is 3.29. The number of nitrogens with zero attached hydrogens (tertiary/aromatic N) is 2. The van der Waals surface area contributed by atoms with Crippen LogP contribution in [0.2, 0.25) is 0 Å². The lowest BCUT2D eigenvalue weighted by Crippen LogP contribution is -2.48. The van der Waals surface area contributed by atoms with Gasteiger partial charge in [0.2, 0.25) is 5.91 Å². The molecule has 5 nitrogen and oxygen atoms in total. The summed E-state index contributed by atoms with van der Waals surface area (Å²) in [6.07, 6.45) is 3.71. The maximum atomic E-state index is 12.4. The van der Waals surface area contributed by atoms with E-state index in [0.717, 1.165) is 29.9 Å². The first-order valence-electron chi connectivity index (χ1n) is 9.59. The third-order valence-corrected chi connectivity index (χ3v) is 4.77. The van der Waals surface area contributed by atoms with E-state index in [1.807, 2.05) is 48.2 Å². The topological polar surface area (TPSA) is 49.9 Å². The minimum atomic E-state index is -0.333. The van der Waals surface area contributed by atoms with Crippen molar-refractivity contribution in [3.05, 3.63) is 71.3 Å². The van der Waals surface area contributed by atoms with Crippen molar-refractivity contribution < 1.29 is 14.3 Å². The third kappa shape index (κ3) is 5.08. The Morgan fingerprint density at radius 1 is 1.14 bits per heavy atom. The van der Waals surface area contributed by atoms with Crippen LogP contribution < -0.4 is 4.90 Å². The van der Waals surface area contributed by atoms with Crippen LogP contribution in [0, 0.1) is 6.92 Å². The maximum Gasteiger partial charge on any atom is 0.330 e. The molecule has 1 saturated heterocycles. The van der Waals surface area contributed by atoms with Gasteiger partial charge in [-0.05, 0) is 42.7 Å². The number of hydrogen-bond acceptors (Lipinski definition) is 4. The smallest absolute Gasteiger partial charge is 0.330 e. The molecule has 0 atom stereocenters. The number of aryl methyl sites for hydroxylation is 1. The fraction of sp³-hybridized carbons (Fsp3) is 0.304. The lowest BCUT2D eigenvalue weighted by Gasteiger charge is -2.36. The van der Waals surface area contributed by atoms with Gasteiger partial charge in [-0.25, -0.2) is 4.79 Å². The molecule has 0 unspecified atom stereocenters. The van der Waals surface area contributed by atoms with Crippen molar-refractivity contribution in [1.29, 1.82) is 0 Å². The number of para-hydroxylation sites is 1. The summed E-state index contributed by atoms with van der Waals surface area (Å²) < 4.78 is 4.89. The van der Waals surface area contributed by atoms with E-state index in [0.29, 0.717) is 19.7 Å². The number of rotatable bonds is 6. The second-order valence-corrected chi connectivity index (χ2v) is 6.88. The molecule has 1 amide bonds. The molecule has 0 bridgehead atoms. The standard InChI is InChI=1S/C23H26N2O3/c1-3-28-23(27)13-12-19-8-10-20(11-9-19)16-24-15-14-22(26)25(17-24)21-7-5-4-6-18(21)2/h4-13H,3,14-17H2,1-2H3. The molecule has 0 spiro atoms. The van der Waals surface area contributed by atoms with E-state index in [9.17, 15) is 9.59 Å². The van der Waals surface area contributed by atoms with E-state index >= 15 is 0 Å². The number of ether oxygens (including phenoxy) is 1. The molecule has 0 saturated carbocycles. The normalized spacial score (nSPS) is 15.2. The molecule has 0 N–H and O–H groups in total. The molecule has 0 radical (unpaired) electrons. The maximum absolute atomic E-state index is 12.4. The van der Waals surface area contributed by atoms with E-state index in [-0.39, 0.29) is 11.9 Å². The van der Waals surface area contributed by atoms with Crippen LogP contribution in [0.1, 0.15) is 30.0 Å². The van der Waals surface area contributed by atoms with Crippen LogP contribution in [0.3, 0.4) is 0 Å². The van der Waals surface area contributed by atoms with Crippen molar-refractivity contribution in [2.24, 2.45) is 0 Å². The third-order valence-electron chi connectivity index (χ3n) is 4.77. The fourth-order valence-corrected chi connectivity index (χ4v) is 3.29. The van der Waals surface area contributed by atoms with Gasteiger partial charge in [0.05, 0.1) is 13.3 Å². The highest BCUT2D eigenvalue weighted by molar-refractivity contribution is 5.94. The van der Waals surface area contributed by atoms with Gasteiger partial charge >= 0.3 is 5.97 Å². The number of esters is 1. The summed E-state index contributed by atoms with van der Waals surface area (Å²) in [6, 6.07) is 16.1. The summed E-state index contributed by atoms with van der Waals surface area (Å²) in [5.74, 6) is -0.161. The Morgan fingerprint density at radius 3 is 2.61 bits per heavy atom. The van der Waals surface area contributed by atoms with E-state index in [4.69, 9.17) is 4.74 Å². The minimum Gasteiger partial charge on any atom is -0.463 e. The Hall–Kier alpha value is -2.92. The van der Waals surface area contributed by atoms with Gasteiger partial charge in [-0.2, -0.15) is 0 Å². The summed E-state index contributed by atoms with van der Waals surface area (Å²) in [6.45, 7) is 6.32. The monoisotopic (exact) mass is 378 g/mol. The second-order valence-electron chi connectivity index (χ2n) is 6.88. The van der Waals surface area contributed by atoms with Crippen LogP contribution in [0.4, 0.5) is 5.69 Å². The molecule has 1 fully saturated rings. The van der Waals surface area contributed by atoms with Crippen LogP contribution in [-0.2, 0) is 20.9 Å². The van der Waals surface area contributed by atoms with Crippen molar-refractivity contribution in [3.63, 3.8) is 0 Å². The Balaban J connectivity index is 1.63. The zero-order valence-electron chi connectivity index (χ0n) is 16.4. The molecule has 2 aromatic carbocycles. The molecule has 3 rings (SSSR count). The lowest BCUT2D eigenvalue weighted by molar-refractivity contribution is -0.137. The van der Waals surface area contributed by atoms with E-state index in [2.05, 4.69) is 17.0 Å². The number of carbonyl (C=O) groups excluding carboxylic acids is 2. The van der Waals surface area contributed by atoms with E-state index in [1.54, 1.807) is 13.0 Å². The SMILES string of the molecule is CCOC(=O)C=Cc1ccc(CN2CCC(=O)N(c3ccccc3C)C2)cc1. The Bertz CT molecular complexity index is 858. The molecule has 0 aliphatic carbocycles. The molecule has 5 heteroatoms. The molecule has 1 heterocycles. The van der Waals surface area contributed by atoms with Gasteiger partial charge in [0.15, 0.2) is 0 Å². The molecular weight excluding hydrogens is 352 g/mol. The minimum absolute atomic E-state index is 0.171. The van der Waals surface area contributed by atoms with Gasteiger partial charge in [-0.1, -0.05) is 42.5 Å². The van der Waals surface area contributed by atoms with Crippen LogP contribution in [0.25, 0.3) is 6.08 Å². The highest BCUT2D eigenvalue weighted by atomic mass is 16.5. The highest BCUT2D eigenvalue weighted by Crippen LogP contribution is 2.24. The largest absolute Gasteiger partial charge is 0.463 e. The molecular formula is C23H26N2O3. The number of amides is 1. The van der Waals surface area contributed by atoms with Gasteiger partial charge in [-0.3, -0.25) is 14.6 Å². The number of hydrogen-bond donors (Lipinski definition) is 0. The molecule has 1 aliphatic heterocycles. The first-order valence-corrected chi connectivity index (χ1v) is 9.59. The summed E-state index contributed by atoms with van der Waals surface area (Å²) in [4.78, 5) is 28.0. The van der Waals surface area contributed by atoms with Crippen LogP contribution >= 0.6 is 0 Å². The van der Waals surface area contributed by atoms with Crippen molar-refractivity contribution in [3.8, 4) is 0 Å². The zero-order valence-corrected chi connectivity index (χ0v) is 16.4. The molecule has 0 aromatic heterocycles. The average Bonchev–Trinajstić information content (AvgIpc) is 2.70. The highest BCUT2D eigenvalue weighted by Gasteiger charge is 2.25. The quantitative estimate of drug-likeness (QED) is 0.567.